The number of rotatable bonds is 7. The van der Waals surface area contributed by atoms with Crippen LogP contribution in [0, 0.1) is 6.92 Å². The molecule has 0 aliphatic rings. The summed E-state index contributed by atoms with van der Waals surface area (Å²) in [4.78, 5) is 18.7. The van der Waals surface area contributed by atoms with Gasteiger partial charge in [0.25, 0.3) is 0 Å². The van der Waals surface area contributed by atoms with Gasteiger partial charge in [-0.25, -0.2) is 9.78 Å². The molecule has 32 heavy (non-hydrogen) atoms. The Kier molecular flexibility index (Phi) is 7.30. The van der Waals surface area contributed by atoms with Crippen LogP contribution in [-0.2, 0) is 22.3 Å². The molecule has 10 heteroatoms. The van der Waals surface area contributed by atoms with Crippen LogP contribution in [0.1, 0.15) is 16.1 Å². The van der Waals surface area contributed by atoms with Crippen LogP contribution in [0.25, 0.3) is 10.6 Å². The molecule has 0 unspecified atom stereocenters. The van der Waals surface area contributed by atoms with E-state index in [4.69, 9.17) is 16.3 Å². The topological polar surface area (TPSA) is 51.7 Å². The van der Waals surface area contributed by atoms with E-state index in [0.29, 0.717) is 27.9 Å². The monoisotopic (exact) mass is 484 g/mol. The summed E-state index contributed by atoms with van der Waals surface area (Å²) < 4.78 is 48.2. The first-order valence-electron chi connectivity index (χ1n) is 9.42. The number of hydrogen-bond donors (Lipinski definition) is 0. The molecule has 1 heterocycles. The van der Waals surface area contributed by atoms with E-state index in [9.17, 15) is 18.0 Å². The lowest BCUT2D eigenvalue weighted by atomic mass is 10.1. The fraction of sp³-hybridized carbons (Fsp3) is 0.273. The Hall–Kier alpha value is -2.78. The van der Waals surface area contributed by atoms with Crippen LogP contribution in [0.4, 0.5) is 18.9 Å². The van der Waals surface area contributed by atoms with Crippen molar-refractivity contribution in [3.63, 3.8) is 0 Å². The van der Waals surface area contributed by atoms with Crippen molar-refractivity contribution in [3.8, 4) is 16.3 Å². The molecular weight excluding hydrogens is 465 g/mol. The summed E-state index contributed by atoms with van der Waals surface area (Å²) in [5.74, 6) is -0.139. The third kappa shape index (κ3) is 5.72. The number of nitrogens with zero attached hydrogens (tertiary/aromatic N) is 2. The van der Waals surface area contributed by atoms with Crippen molar-refractivity contribution < 1.29 is 27.4 Å². The van der Waals surface area contributed by atoms with Crippen LogP contribution >= 0.6 is 22.9 Å². The highest BCUT2D eigenvalue weighted by atomic mass is 35.5. The number of alkyl halides is 3. The Morgan fingerprint density at radius 1 is 1.19 bits per heavy atom. The summed E-state index contributed by atoms with van der Waals surface area (Å²) >= 11 is 7.70. The minimum atomic E-state index is -4.37. The van der Waals surface area contributed by atoms with Gasteiger partial charge in [-0.05, 0) is 37.3 Å². The van der Waals surface area contributed by atoms with Crippen LogP contribution in [0.5, 0.6) is 5.75 Å². The van der Waals surface area contributed by atoms with Gasteiger partial charge in [0.05, 0.1) is 29.9 Å². The molecule has 170 valence electrons. The van der Waals surface area contributed by atoms with Crippen molar-refractivity contribution in [2.45, 2.75) is 19.6 Å². The lowest BCUT2D eigenvalue weighted by molar-refractivity contribution is -0.143. The van der Waals surface area contributed by atoms with E-state index < -0.39 is 17.7 Å². The van der Waals surface area contributed by atoms with E-state index in [0.717, 1.165) is 28.4 Å². The number of thiazole rings is 1. The Morgan fingerprint density at radius 3 is 2.47 bits per heavy atom. The van der Waals surface area contributed by atoms with Gasteiger partial charge in [0.15, 0.2) is 6.61 Å². The predicted octanol–water partition coefficient (Wildman–Crippen LogP) is 5.98. The molecule has 0 amide bonds. The molecule has 0 N–H and O–H groups in total. The molecule has 3 aromatic rings. The van der Waals surface area contributed by atoms with E-state index in [-0.39, 0.29) is 6.61 Å². The van der Waals surface area contributed by atoms with Gasteiger partial charge < -0.3 is 14.4 Å². The van der Waals surface area contributed by atoms with Gasteiger partial charge >= 0.3 is 12.1 Å². The highest BCUT2D eigenvalue weighted by molar-refractivity contribution is 7.15. The van der Waals surface area contributed by atoms with Crippen LogP contribution in [0.2, 0.25) is 5.02 Å². The molecule has 5 nitrogen and oxygen atoms in total. The van der Waals surface area contributed by atoms with Crippen LogP contribution in [0.15, 0.2) is 42.5 Å². The molecule has 0 spiro atoms. The van der Waals surface area contributed by atoms with Gasteiger partial charge in [0, 0.05) is 23.2 Å². The molecule has 1 aromatic heterocycles. The average molecular weight is 485 g/mol. The van der Waals surface area contributed by atoms with E-state index in [1.165, 1.54) is 30.6 Å². The largest absolute Gasteiger partial charge is 0.480 e. The maximum atomic E-state index is 12.8. The van der Waals surface area contributed by atoms with Crippen molar-refractivity contribution in [2.24, 2.45) is 0 Å². The fourth-order valence-corrected chi connectivity index (χ4v) is 4.20. The van der Waals surface area contributed by atoms with Gasteiger partial charge in [-0.2, -0.15) is 13.2 Å². The molecule has 0 aliphatic heterocycles. The van der Waals surface area contributed by atoms with E-state index >= 15 is 0 Å². The van der Waals surface area contributed by atoms with Crippen molar-refractivity contribution in [2.75, 3.05) is 25.7 Å². The molecule has 0 saturated carbocycles. The number of carbonyl (C=O) groups excluding carboxylic acids is 1. The summed E-state index contributed by atoms with van der Waals surface area (Å²) in [6.07, 6.45) is -4.37. The molecule has 0 fully saturated rings. The molecule has 0 bridgehead atoms. The number of hydrogen-bond acceptors (Lipinski definition) is 6. The lowest BCUT2D eigenvalue weighted by Gasteiger charge is -2.19. The minimum Gasteiger partial charge on any atom is -0.480 e. The molecular formula is C22H20ClF3N2O3S. The summed E-state index contributed by atoms with van der Waals surface area (Å²) in [7, 11) is 3.16. The SMILES string of the molecule is COC(=O)COc1ccc(N(C)Cc2sc(-c3ccc(C(F)(F)F)cc3)nc2C)cc1Cl. The van der Waals surface area contributed by atoms with Gasteiger partial charge in [0.2, 0.25) is 0 Å². The maximum Gasteiger partial charge on any atom is 0.416 e. The number of aryl methyl sites for hydroxylation is 1. The van der Waals surface area contributed by atoms with Gasteiger partial charge in [0.1, 0.15) is 10.8 Å². The molecule has 0 radical (unpaired) electrons. The molecule has 2 aromatic carbocycles. The smallest absolute Gasteiger partial charge is 0.416 e. The molecule has 0 atom stereocenters. The Balaban J connectivity index is 1.72. The summed E-state index contributed by atoms with van der Waals surface area (Å²) in [5.41, 5.74) is 1.57. The molecule has 0 saturated heterocycles. The fourth-order valence-electron chi connectivity index (χ4n) is 2.85. The number of ether oxygens (including phenoxy) is 2. The predicted molar refractivity (Wildman–Crippen MR) is 118 cm³/mol. The molecule has 0 aliphatic carbocycles. The van der Waals surface area contributed by atoms with Crippen molar-refractivity contribution in [1.29, 1.82) is 0 Å². The van der Waals surface area contributed by atoms with Crippen molar-refractivity contribution in [1.82, 2.24) is 4.98 Å². The van der Waals surface area contributed by atoms with Crippen molar-refractivity contribution in [3.05, 3.63) is 63.6 Å². The quantitative estimate of drug-likeness (QED) is 0.386. The zero-order valence-corrected chi connectivity index (χ0v) is 19.1. The number of halogens is 4. The standard InChI is InChI=1S/C22H20ClF3N2O3S/c1-13-19(32-21(27-13)14-4-6-15(7-5-14)22(24,25)26)11-28(2)16-8-9-18(17(23)10-16)31-12-20(29)30-3/h4-10H,11-12H2,1-3H3. The van der Waals surface area contributed by atoms with Crippen LogP contribution in [0.3, 0.4) is 0 Å². The second kappa shape index (κ2) is 9.79. The van der Waals surface area contributed by atoms with E-state index in [2.05, 4.69) is 9.72 Å². The Labute approximate surface area is 192 Å². The maximum absolute atomic E-state index is 12.8. The molecule has 3 rings (SSSR count). The minimum absolute atomic E-state index is 0.238. The number of esters is 1. The Bertz CT molecular complexity index is 1100. The zero-order chi connectivity index (χ0) is 23.5. The first-order chi connectivity index (χ1) is 15.1. The number of anilines is 1. The summed E-state index contributed by atoms with van der Waals surface area (Å²) in [6.45, 7) is 2.16. The average Bonchev–Trinajstić information content (AvgIpc) is 3.12. The zero-order valence-electron chi connectivity index (χ0n) is 17.5. The van der Waals surface area contributed by atoms with Gasteiger partial charge in [-0.15, -0.1) is 11.3 Å². The number of benzene rings is 2. The normalized spacial score (nSPS) is 11.3. The number of methoxy groups -OCH3 is 1. The highest BCUT2D eigenvalue weighted by Gasteiger charge is 2.30. The van der Waals surface area contributed by atoms with Crippen LogP contribution in [-0.4, -0.2) is 31.7 Å². The number of carbonyl (C=O) groups is 1. The van der Waals surface area contributed by atoms with Gasteiger partial charge in [-0.1, -0.05) is 23.7 Å². The lowest BCUT2D eigenvalue weighted by Crippen LogP contribution is -2.16. The summed E-state index contributed by atoms with van der Waals surface area (Å²) in [5, 5.41) is 1.01. The van der Waals surface area contributed by atoms with E-state index in [1.54, 1.807) is 12.1 Å². The number of aromatic nitrogens is 1. The second-order valence-electron chi connectivity index (χ2n) is 6.94. The van der Waals surface area contributed by atoms with Gasteiger partial charge in [-0.3, -0.25) is 0 Å². The Morgan fingerprint density at radius 2 is 1.88 bits per heavy atom. The first kappa shape index (κ1) is 23.9. The second-order valence-corrected chi connectivity index (χ2v) is 8.43. The first-order valence-corrected chi connectivity index (χ1v) is 10.6. The van der Waals surface area contributed by atoms with Crippen molar-refractivity contribution >= 4 is 34.6 Å². The summed E-state index contributed by atoms with van der Waals surface area (Å²) in [6, 6.07) is 10.2. The third-order valence-electron chi connectivity index (χ3n) is 4.66. The van der Waals surface area contributed by atoms with E-state index in [1.807, 2.05) is 24.9 Å². The highest BCUT2D eigenvalue weighted by Crippen LogP contribution is 2.34. The van der Waals surface area contributed by atoms with Crippen LogP contribution < -0.4 is 9.64 Å². The third-order valence-corrected chi connectivity index (χ3v) is 6.15.